The fourth-order valence-electron chi connectivity index (χ4n) is 4.05. The number of nitrogens with zero attached hydrogens (tertiary/aromatic N) is 1. The van der Waals surface area contributed by atoms with Crippen molar-refractivity contribution in [2.45, 2.75) is 13.0 Å². The minimum atomic E-state index is -0.492. The molecular weight excluding hydrogens is 528 g/mol. The highest BCUT2D eigenvalue weighted by atomic mass is 32.2. The van der Waals surface area contributed by atoms with Gasteiger partial charge in [0.25, 0.3) is 11.1 Å². The van der Waals surface area contributed by atoms with Crippen LogP contribution in [-0.4, -0.2) is 32.2 Å². The van der Waals surface area contributed by atoms with Crippen LogP contribution in [0.4, 0.5) is 10.5 Å². The van der Waals surface area contributed by atoms with Gasteiger partial charge in [-0.2, -0.15) is 0 Å². The number of benzene rings is 4. The number of ether oxygens (including phenoxy) is 1. The molecule has 3 amide bonds. The van der Waals surface area contributed by atoms with Crippen molar-refractivity contribution in [3.63, 3.8) is 0 Å². The van der Waals surface area contributed by atoms with Gasteiger partial charge in [0.2, 0.25) is 5.91 Å². The molecule has 1 fully saturated rings. The highest BCUT2D eigenvalue weighted by Crippen LogP contribution is 2.36. The van der Waals surface area contributed by atoms with E-state index in [1.807, 2.05) is 54.6 Å². The predicted octanol–water partition coefficient (Wildman–Crippen LogP) is 6.31. The molecule has 1 aliphatic heterocycles. The van der Waals surface area contributed by atoms with E-state index in [2.05, 4.69) is 5.32 Å². The number of hydrogen-bond acceptors (Lipinski definition) is 7. The van der Waals surface area contributed by atoms with Gasteiger partial charge in [-0.25, -0.2) is 0 Å². The zero-order valence-corrected chi connectivity index (χ0v) is 21.9. The molecule has 1 saturated heterocycles. The van der Waals surface area contributed by atoms with Crippen molar-refractivity contribution in [3.8, 4) is 23.0 Å². The molecule has 200 valence electrons. The summed E-state index contributed by atoms with van der Waals surface area (Å²) < 4.78 is 5.84. The summed E-state index contributed by atoms with van der Waals surface area (Å²) in [5, 5.41) is 22.1. The Morgan fingerprint density at radius 1 is 0.850 bits per heavy atom. The van der Waals surface area contributed by atoms with E-state index < -0.39 is 11.1 Å². The third kappa shape index (κ3) is 6.33. The van der Waals surface area contributed by atoms with E-state index >= 15 is 0 Å². The maximum absolute atomic E-state index is 12.8. The lowest BCUT2D eigenvalue weighted by molar-refractivity contribution is -0.123. The van der Waals surface area contributed by atoms with Crippen LogP contribution in [0.3, 0.4) is 0 Å². The lowest BCUT2D eigenvalue weighted by atomic mass is 10.1. The van der Waals surface area contributed by atoms with E-state index in [1.54, 1.807) is 24.3 Å². The summed E-state index contributed by atoms with van der Waals surface area (Å²) >= 11 is 0.764. The summed E-state index contributed by atoms with van der Waals surface area (Å²) in [7, 11) is 0. The number of phenols is 2. The van der Waals surface area contributed by atoms with Gasteiger partial charge >= 0.3 is 0 Å². The number of para-hydroxylation sites is 2. The Hall–Kier alpha value is -5.02. The summed E-state index contributed by atoms with van der Waals surface area (Å²) in [6.07, 6.45) is 1.54. The van der Waals surface area contributed by atoms with Gasteiger partial charge in [0.15, 0.2) is 11.5 Å². The lowest BCUT2D eigenvalue weighted by Gasteiger charge is -2.13. The molecule has 0 saturated carbocycles. The van der Waals surface area contributed by atoms with Gasteiger partial charge in [-0.15, -0.1) is 0 Å². The van der Waals surface area contributed by atoms with Crippen LogP contribution in [0.5, 0.6) is 23.0 Å². The number of carbonyl (C=O) groups is 3. The van der Waals surface area contributed by atoms with Gasteiger partial charge in [0.05, 0.1) is 17.9 Å². The number of amides is 3. The van der Waals surface area contributed by atoms with Crippen molar-refractivity contribution < 1.29 is 29.3 Å². The molecular formula is C31H24N2O6S. The van der Waals surface area contributed by atoms with Crippen molar-refractivity contribution in [2.75, 3.05) is 5.32 Å². The second-order valence-corrected chi connectivity index (χ2v) is 9.96. The van der Waals surface area contributed by atoms with Crippen LogP contribution in [0.1, 0.15) is 16.7 Å². The predicted molar refractivity (Wildman–Crippen MR) is 153 cm³/mol. The third-order valence-corrected chi connectivity index (χ3v) is 6.93. The van der Waals surface area contributed by atoms with Crippen LogP contribution in [0, 0.1) is 0 Å². The molecule has 0 bridgehead atoms. The van der Waals surface area contributed by atoms with Gasteiger partial charge in [-0.1, -0.05) is 54.6 Å². The molecule has 9 heteroatoms. The van der Waals surface area contributed by atoms with Crippen LogP contribution >= 0.6 is 11.8 Å². The summed E-state index contributed by atoms with van der Waals surface area (Å²) in [5.41, 5.74) is 2.32. The molecule has 8 nitrogen and oxygen atoms in total. The number of anilines is 1. The molecule has 0 spiro atoms. The second-order valence-electron chi connectivity index (χ2n) is 8.97. The van der Waals surface area contributed by atoms with Crippen molar-refractivity contribution >= 4 is 40.6 Å². The van der Waals surface area contributed by atoms with Gasteiger partial charge in [-0.3, -0.25) is 19.3 Å². The Morgan fingerprint density at radius 2 is 1.57 bits per heavy atom. The lowest BCUT2D eigenvalue weighted by Crippen LogP contribution is -2.27. The minimum Gasteiger partial charge on any atom is -0.504 e. The number of thioether (sulfide) groups is 1. The molecule has 4 aromatic rings. The number of aromatic hydroxyl groups is 2. The van der Waals surface area contributed by atoms with E-state index in [0.717, 1.165) is 22.2 Å². The highest BCUT2D eigenvalue weighted by Gasteiger charge is 2.35. The second kappa shape index (κ2) is 11.8. The molecule has 3 N–H and O–H groups in total. The fourth-order valence-corrected chi connectivity index (χ4v) is 4.88. The Balaban J connectivity index is 1.18. The quantitative estimate of drug-likeness (QED) is 0.173. The van der Waals surface area contributed by atoms with Crippen molar-refractivity contribution in [1.29, 1.82) is 0 Å². The van der Waals surface area contributed by atoms with E-state index in [-0.39, 0.29) is 40.8 Å². The van der Waals surface area contributed by atoms with Gasteiger partial charge < -0.3 is 20.3 Å². The summed E-state index contributed by atoms with van der Waals surface area (Å²) in [4.78, 5) is 39.2. The van der Waals surface area contributed by atoms with E-state index in [1.165, 1.54) is 24.3 Å². The smallest absolute Gasteiger partial charge is 0.293 e. The molecule has 1 aliphatic rings. The maximum Gasteiger partial charge on any atom is 0.293 e. The highest BCUT2D eigenvalue weighted by molar-refractivity contribution is 8.18. The molecule has 40 heavy (non-hydrogen) atoms. The number of rotatable bonds is 8. The van der Waals surface area contributed by atoms with Crippen LogP contribution < -0.4 is 10.1 Å². The van der Waals surface area contributed by atoms with Gasteiger partial charge in [0.1, 0.15) is 11.5 Å². The van der Waals surface area contributed by atoms with Crippen LogP contribution in [-0.2, 0) is 22.6 Å². The van der Waals surface area contributed by atoms with Gasteiger partial charge in [0, 0.05) is 11.3 Å². The average Bonchev–Trinajstić information content (AvgIpc) is 3.20. The Kier molecular flexibility index (Phi) is 7.84. The zero-order chi connectivity index (χ0) is 28.1. The standard InChI is InChI=1S/C31H24N2O6S/c34-26-11-5-7-22(29(26)36)18-27-30(37)33(31(38)40-27)19-20-12-14-23(15-13-20)32-28(35)17-21-6-4-10-25(16-21)39-24-8-2-1-3-9-24/h1-16,18,34,36H,17,19H2,(H,32,35)/b27-18-. The summed E-state index contributed by atoms with van der Waals surface area (Å²) in [6.45, 7) is 0.0520. The van der Waals surface area contributed by atoms with Crippen LogP contribution in [0.2, 0.25) is 0 Å². The summed E-state index contributed by atoms with van der Waals surface area (Å²) in [5.74, 6) is -0.0136. The Bertz CT molecular complexity index is 1600. The normalized spacial score (nSPS) is 14.0. The molecule has 5 rings (SSSR count). The first-order valence-corrected chi connectivity index (χ1v) is 13.1. The van der Waals surface area contributed by atoms with Crippen molar-refractivity contribution in [3.05, 3.63) is 119 Å². The topological polar surface area (TPSA) is 116 Å². The number of carbonyl (C=O) groups excluding carboxylic acids is 3. The number of imide groups is 1. The Morgan fingerprint density at radius 3 is 2.35 bits per heavy atom. The maximum atomic E-state index is 12.8. The number of nitrogens with one attached hydrogen (secondary N) is 1. The molecule has 0 aromatic heterocycles. The Labute approximate surface area is 234 Å². The molecule has 4 aromatic carbocycles. The zero-order valence-electron chi connectivity index (χ0n) is 21.1. The SMILES string of the molecule is O=C(Cc1cccc(Oc2ccccc2)c1)Nc1ccc(CN2C(=O)S/C(=C\c3cccc(O)c3O)C2=O)cc1. The molecule has 0 atom stereocenters. The van der Waals surface area contributed by atoms with E-state index in [9.17, 15) is 24.6 Å². The molecule has 0 aliphatic carbocycles. The van der Waals surface area contributed by atoms with Crippen molar-refractivity contribution in [1.82, 2.24) is 4.90 Å². The fraction of sp³-hybridized carbons (Fsp3) is 0.0645. The average molecular weight is 553 g/mol. The molecule has 0 unspecified atom stereocenters. The molecule has 0 radical (unpaired) electrons. The van der Waals surface area contributed by atoms with E-state index in [4.69, 9.17) is 4.74 Å². The van der Waals surface area contributed by atoms with Gasteiger partial charge in [-0.05, 0) is 71.4 Å². The first-order chi connectivity index (χ1) is 19.4. The van der Waals surface area contributed by atoms with Crippen LogP contribution in [0.25, 0.3) is 6.08 Å². The number of hydrogen-bond donors (Lipinski definition) is 3. The first kappa shape index (κ1) is 26.6. The summed E-state index contributed by atoms with van der Waals surface area (Å²) in [6, 6.07) is 28.0. The largest absolute Gasteiger partial charge is 0.504 e. The molecule has 1 heterocycles. The minimum absolute atomic E-state index is 0.0520. The number of phenolic OH excluding ortho intramolecular Hbond substituents is 2. The van der Waals surface area contributed by atoms with E-state index in [0.29, 0.717) is 22.7 Å². The van der Waals surface area contributed by atoms with Crippen molar-refractivity contribution in [2.24, 2.45) is 0 Å². The third-order valence-electron chi connectivity index (χ3n) is 6.03. The monoisotopic (exact) mass is 552 g/mol. The first-order valence-electron chi connectivity index (χ1n) is 12.3. The van der Waals surface area contributed by atoms with Crippen LogP contribution in [0.15, 0.2) is 102 Å².